The van der Waals surface area contributed by atoms with Gasteiger partial charge >= 0.3 is 0 Å². The van der Waals surface area contributed by atoms with E-state index < -0.39 is 0 Å². The summed E-state index contributed by atoms with van der Waals surface area (Å²) in [5.74, 6) is 0.124. The van der Waals surface area contributed by atoms with E-state index in [1.54, 1.807) is 0 Å². The van der Waals surface area contributed by atoms with Gasteiger partial charge in [-0.1, -0.05) is 35.9 Å². The number of amides is 1. The first-order valence-electron chi connectivity index (χ1n) is 10.2. The molecule has 1 aliphatic rings. The van der Waals surface area contributed by atoms with Crippen molar-refractivity contribution in [3.63, 3.8) is 0 Å². The summed E-state index contributed by atoms with van der Waals surface area (Å²) in [7, 11) is 0. The molecule has 1 aliphatic heterocycles. The topological polar surface area (TPSA) is 35.6 Å². The number of halogens is 1. The van der Waals surface area contributed by atoms with E-state index in [4.69, 9.17) is 11.6 Å². The third kappa shape index (κ3) is 6.54. The van der Waals surface area contributed by atoms with Crippen molar-refractivity contribution in [2.45, 2.75) is 26.2 Å². The summed E-state index contributed by atoms with van der Waals surface area (Å²) in [6.07, 6.45) is 2.28. The lowest BCUT2D eigenvalue weighted by molar-refractivity contribution is -0.121. The minimum absolute atomic E-state index is 0.124. The van der Waals surface area contributed by atoms with Crippen LogP contribution in [-0.4, -0.2) is 50.1 Å². The number of rotatable bonds is 8. The predicted octanol–water partition coefficient (Wildman–Crippen LogP) is 3.91. The average Bonchev–Trinajstić information content (AvgIpc) is 2.71. The van der Waals surface area contributed by atoms with Crippen LogP contribution in [0.1, 0.15) is 24.0 Å². The Labute approximate surface area is 173 Å². The van der Waals surface area contributed by atoms with Crippen molar-refractivity contribution >= 4 is 23.2 Å². The maximum Gasteiger partial charge on any atom is 0.220 e. The molecule has 1 saturated heterocycles. The molecule has 5 heteroatoms. The van der Waals surface area contributed by atoms with Gasteiger partial charge in [0.25, 0.3) is 0 Å². The molecular formula is C23H30ClN3O. The quantitative estimate of drug-likeness (QED) is 0.683. The Hall–Kier alpha value is -2.04. The molecule has 1 fully saturated rings. The maximum absolute atomic E-state index is 12.0. The number of piperazine rings is 1. The van der Waals surface area contributed by atoms with Crippen LogP contribution in [0.5, 0.6) is 0 Å². The van der Waals surface area contributed by atoms with Gasteiger partial charge in [0.05, 0.1) is 0 Å². The van der Waals surface area contributed by atoms with Gasteiger partial charge in [-0.2, -0.15) is 0 Å². The molecule has 0 bridgehead atoms. The van der Waals surface area contributed by atoms with Crippen molar-refractivity contribution < 1.29 is 4.79 Å². The van der Waals surface area contributed by atoms with Crippen LogP contribution in [0.25, 0.3) is 0 Å². The number of nitrogens with one attached hydrogen (secondary N) is 1. The molecule has 2 aromatic carbocycles. The van der Waals surface area contributed by atoms with Gasteiger partial charge < -0.3 is 10.2 Å². The van der Waals surface area contributed by atoms with Gasteiger partial charge in [0, 0.05) is 49.9 Å². The maximum atomic E-state index is 12.0. The monoisotopic (exact) mass is 399 g/mol. The molecule has 3 rings (SSSR count). The predicted molar refractivity (Wildman–Crippen MR) is 117 cm³/mol. The molecule has 2 aromatic rings. The van der Waals surface area contributed by atoms with Gasteiger partial charge in [0.15, 0.2) is 0 Å². The molecule has 1 N–H and O–H groups in total. The highest BCUT2D eigenvalue weighted by atomic mass is 35.5. The minimum atomic E-state index is 0.124. The van der Waals surface area contributed by atoms with Gasteiger partial charge in [-0.15, -0.1) is 0 Å². The number of hydrogen-bond donors (Lipinski definition) is 1. The molecule has 0 atom stereocenters. The number of hydrogen-bond acceptors (Lipinski definition) is 3. The van der Waals surface area contributed by atoms with E-state index in [1.807, 2.05) is 24.3 Å². The van der Waals surface area contributed by atoms with Crippen LogP contribution in [0.4, 0.5) is 5.69 Å². The van der Waals surface area contributed by atoms with Gasteiger partial charge in [-0.25, -0.2) is 0 Å². The van der Waals surface area contributed by atoms with E-state index in [2.05, 4.69) is 46.3 Å². The number of anilines is 1. The molecule has 0 unspecified atom stereocenters. The minimum Gasteiger partial charge on any atom is -0.369 e. The zero-order valence-electron chi connectivity index (χ0n) is 16.7. The second-order valence-electron chi connectivity index (χ2n) is 7.50. The molecular weight excluding hydrogens is 370 g/mol. The normalized spacial score (nSPS) is 14.9. The molecule has 1 heterocycles. The van der Waals surface area contributed by atoms with E-state index in [1.165, 1.54) is 11.3 Å². The third-order valence-corrected chi connectivity index (χ3v) is 5.52. The molecule has 1 amide bonds. The Bertz CT molecular complexity index is 755. The van der Waals surface area contributed by atoms with Crippen LogP contribution in [0.15, 0.2) is 48.5 Å². The highest BCUT2D eigenvalue weighted by Gasteiger charge is 2.16. The summed E-state index contributed by atoms with van der Waals surface area (Å²) < 4.78 is 0. The number of carbonyl (C=O) groups is 1. The van der Waals surface area contributed by atoms with E-state index >= 15 is 0 Å². The second-order valence-corrected chi connectivity index (χ2v) is 7.93. The first-order chi connectivity index (χ1) is 13.6. The summed E-state index contributed by atoms with van der Waals surface area (Å²) in [6.45, 7) is 8.23. The Morgan fingerprint density at radius 1 is 1.07 bits per heavy atom. The fourth-order valence-corrected chi connectivity index (χ4v) is 3.71. The van der Waals surface area contributed by atoms with Crippen molar-refractivity contribution in [2.75, 3.05) is 44.2 Å². The number of nitrogens with zero attached hydrogens (tertiary/aromatic N) is 2. The lowest BCUT2D eigenvalue weighted by Crippen LogP contribution is -2.47. The van der Waals surface area contributed by atoms with Crippen LogP contribution in [-0.2, 0) is 11.2 Å². The standard InChI is InChI=1S/C23H30ClN3O/c1-19-4-2-5-22(18-19)27-16-14-26(15-17-27)13-3-12-25-23(28)11-8-20-6-9-21(24)10-7-20/h2,4-7,9-10,18H,3,8,11-17H2,1H3,(H,25,28). The summed E-state index contributed by atoms with van der Waals surface area (Å²) >= 11 is 5.88. The number of benzene rings is 2. The SMILES string of the molecule is Cc1cccc(N2CCN(CCCNC(=O)CCc3ccc(Cl)cc3)CC2)c1. The molecule has 0 spiro atoms. The van der Waals surface area contributed by atoms with Crippen LogP contribution >= 0.6 is 11.6 Å². The van der Waals surface area contributed by atoms with Gasteiger partial charge in [0.2, 0.25) is 5.91 Å². The zero-order chi connectivity index (χ0) is 19.8. The van der Waals surface area contributed by atoms with Crippen molar-refractivity contribution in [1.82, 2.24) is 10.2 Å². The van der Waals surface area contributed by atoms with Crippen molar-refractivity contribution in [3.05, 3.63) is 64.7 Å². The summed E-state index contributed by atoms with van der Waals surface area (Å²) in [4.78, 5) is 17.0. The number of aryl methyl sites for hydroxylation is 2. The molecule has 0 radical (unpaired) electrons. The third-order valence-electron chi connectivity index (χ3n) is 5.27. The van der Waals surface area contributed by atoms with Crippen molar-refractivity contribution in [3.8, 4) is 0 Å². The Balaban J connectivity index is 1.27. The zero-order valence-corrected chi connectivity index (χ0v) is 17.4. The van der Waals surface area contributed by atoms with Gasteiger partial charge in [-0.05, 0) is 61.7 Å². The van der Waals surface area contributed by atoms with Crippen LogP contribution < -0.4 is 10.2 Å². The van der Waals surface area contributed by atoms with E-state index in [9.17, 15) is 4.79 Å². The van der Waals surface area contributed by atoms with Crippen LogP contribution in [0.3, 0.4) is 0 Å². The first-order valence-corrected chi connectivity index (χ1v) is 10.5. The summed E-state index contributed by atoms with van der Waals surface area (Å²) in [5, 5.41) is 3.77. The smallest absolute Gasteiger partial charge is 0.220 e. The summed E-state index contributed by atoms with van der Waals surface area (Å²) in [5.41, 5.74) is 3.78. The largest absolute Gasteiger partial charge is 0.369 e. The Kier molecular flexibility index (Phi) is 7.75. The summed E-state index contributed by atoms with van der Waals surface area (Å²) in [6, 6.07) is 16.4. The molecule has 4 nitrogen and oxygen atoms in total. The van der Waals surface area contributed by atoms with Crippen molar-refractivity contribution in [1.29, 1.82) is 0 Å². The van der Waals surface area contributed by atoms with Gasteiger partial charge in [0.1, 0.15) is 0 Å². The van der Waals surface area contributed by atoms with Crippen molar-refractivity contribution in [2.24, 2.45) is 0 Å². The first kappa shape index (κ1) is 20.7. The Morgan fingerprint density at radius 2 is 1.82 bits per heavy atom. The second kappa shape index (κ2) is 10.5. The fraction of sp³-hybridized carbons (Fsp3) is 0.435. The van der Waals surface area contributed by atoms with Crippen LogP contribution in [0.2, 0.25) is 5.02 Å². The van der Waals surface area contributed by atoms with E-state index in [0.29, 0.717) is 6.42 Å². The van der Waals surface area contributed by atoms with E-state index in [0.717, 1.165) is 62.7 Å². The molecule has 28 heavy (non-hydrogen) atoms. The fourth-order valence-electron chi connectivity index (χ4n) is 3.58. The molecule has 0 aliphatic carbocycles. The molecule has 150 valence electrons. The lowest BCUT2D eigenvalue weighted by Gasteiger charge is -2.36. The van der Waals surface area contributed by atoms with Crippen LogP contribution in [0, 0.1) is 6.92 Å². The average molecular weight is 400 g/mol. The highest BCUT2D eigenvalue weighted by Crippen LogP contribution is 2.17. The molecule has 0 aromatic heterocycles. The number of carbonyl (C=O) groups excluding carboxylic acids is 1. The highest BCUT2D eigenvalue weighted by molar-refractivity contribution is 6.30. The van der Waals surface area contributed by atoms with Gasteiger partial charge in [-0.3, -0.25) is 9.69 Å². The van der Waals surface area contributed by atoms with E-state index in [-0.39, 0.29) is 5.91 Å². The molecule has 0 saturated carbocycles. The lowest BCUT2D eigenvalue weighted by atomic mass is 10.1. The Morgan fingerprint density at radius 3 is 2.54 bits per heavy atom.